The van der Waals surface area contributed by atoms with E-state index in [1.807, 2.05) is 30.2 Å². The highest BCUT2D eigenvalue weighted by molar-refractivity contribution is 5.81. The van der Waals surface area contributed by atoms with Crippen molar-refractivity contribution in [3.8, 4) is 0 Å². The molecule has 4 rings (SSSR count). The molecule has 126 valence electrons. The van der Waals surface area contributed by atoms with Crippen LogP contribution in [0, 0.1) is 0 Å². The summed E-state index contributed by atoms with van der Waals surface area (Å²) in [5.74, 6) is 0.406. The molecule has 0 aromatic carbocycles. The second-order valence-electron chi connectivity index (χ2n) is 7.05. The van der Waals surface area contributed by atoms with Gasteiger partial charge in [-0.25, -0.2) is 0 Å². The van der Waals surface area contributed by atoms with Crippen LogP contribution in [-0.4, -0.2) is 44.2 Å². The summed E-state index contributed by atoms with van der Waals surface area (Å²) in [6, 6.07) is 4.06. The Kier molecular flexibility index (Phi) is 3.84. The molecule has 4 heterocycles. The highest BCUT2D eigenvalue weighted by Gasteiger charge is 2.48. The molecule has 24 heavy (non-hydrogen) atoms. The van der Waals surface area contributed by atoms with Crippen LogP contribution >= 0.6 is 0 Å². The van der Waals surface area contributed by atoms with E-state index in [0.717, 1.165) is 32.5 Å². The summed E-state index contributed by atoms with van der Waals surface area (Å²) >= 11 is 0. The molecule has 1 amide bonds. The molecule has 1 N–H and O–H groups in total. The molecule has 2 aliphatic rings. The number of nitrogens with zero attached hydrogens (tertiary/aromatic N) is 4. The fourth-order valence-electron chi connectivity index (χ4n) is 4.21. The Morgan fingerprint density at radius 1 is 1.33 bits per heavy atom. The van der Waals surface area contributed by atoms with Crippen LogP contribution in [0.4, 0.5) is 0 Å². The second-order valence-corrected chi connectivity index (χ2v) is 7.05. The van der Waals surface area contributed by atoms with Crippen molar-refractivity contribution in [2.45, 2.75) is 37.3 Å². The van der Waals surface area contributed by atoms with Gasteiger partial charge in [0.25, 0.3) is 0 Å². The molecule has 0 radical (unpaired) electrons. The largest absolute Gasteiger partial charge is 0.350 e. The molecule has 0 unspecified atom stereocenters. The van der Waals surface area contributed by atoms with Gasteiger partial charge in [-0.15, -0.1) is 0 Å². The molecular formula is C18H23N5O. The van der Waals surface area contributed by atoms with Crippen LogP contribution in [-0.2, 0) is 18.4 Å². The van der Waals surface area contributed by atoms with Gasteiger partial charge in [0.15, 0.2) is 0 Å². The first-order chi connectivity index (χ1) is 11.6. The number of aryl methyl sites for hydroxylation is 1. The van der Waals surface area contributed by atoms with E-state index in [1.165, 1.54) is 11.1 Å². The number of likely N-dealkylation sites (tertiary alicyclic amines) is 1. The molecular weight excluding hydrogens is 302 g/mol. The maximum Gasteiger partial charge on any atom is 0.221 e. The first kappa shape index (κ1) is 15.3. The first-order valence-electron chi connectivity index (χ1n) is 8.55. The average Bonchev–Trinajstić information content (AvgIpc) is 3.14. The zero-order valence-corrected chi connectivity index (χ0v) is 14.0. The van der Waals surface area contributed by atoms with E-state index in [4.69, 9.17) is 0 Å². The molecule has 2 fully saturated rings. The molecule has 0 aliphatic carbocycles. The topological polar surface area (TPSA) is 63.0 Å². The number of aromatic nitrogens is 3. The SMILES string of the molecule is Cn1cc(CN2CCC3(CC2)NC(=O)C[C@H]3c2cccnc2)cn1. The van der Waals surface area contributed by atoms with Crippen molar-refractivity contribution in [3.63, 3.8) is 0 Å². The zero-order valence-electron chi connectivity index (χ0n) is 14.0. The molecule has 1 atom stereocenters. The fourth-order valence-corrected chi connectivity index (χ4v) is 4.21. The summed E-state index contributed by atoms with van der Waals surface area (Å²) in [5, 5.41) is 7.54. The summed E-state index contributed by atoms with van der Waals surface area (Å²) in [6.07, 6.45) is 10.2. The lowest BCUT2D eigenvalue weighted by atomic mass is 9.74. The van der Waals surface area contributed by atoms with Crippen molar-refractivity contribution in [1.82, 2.24) is 25.0 Å². The van der Waals surface area contributed by atoms with E-state index < -0.39 is 0 Å². The third kappa shape index (κ3) is 2.82. The standard InChI is InChI=1S/C18H23N5O/c1-22-12-14(10-20-22)13-23-7-4-18(5-8-23)16(9-17(24)21-18)15-3-2-6-19-11-15/h2-3,6,10-12,16H,4-5,7-9,13H2,1H3,(H,21,24)/t16-/m0/s1. The minimum absolute atomic E-state index is 0.106. The summed E-state index contributed by atoms with van der Waals surface area (Å²) < 4.78 is 1.84. The van der Waals surface area contributed by atoms with Gasteiger partial charge in [0, 0.05) is 68.7 Å². The number of piperidine rings is 1. The number of rotatable bonds is 3. The molecule has 2 aromatic rings. The van der Waals surface area contributed by atoms with E-state index in [9.17, 15) is 4.79 Å². The van der Waals surface area contributed by atoms with Crippen LogP contribution in [0.1, 0.15) is 36.3 Å². The number of carbonyl (C=O) groups excluding carboxylic acids is 1. The Hall–Kier alpha value is -2.21. The van der Waals surface area contributed by atoms with Gasteiger partial charge in [0.2, 0.25) is 5.91 Å². The van der Waals surface area contributed by atoms with Crippen molar-refractivity contribution in [1.29, 1.82) is 0 Å². The third-order valence-electron chi connectivity index (χ3n) is 5.44. The Labute approximate surface area is 141 Å². The monoisotopic (exact) mass is 325 g/mol. The normalized spacial score (nSPS) is 23.5. The predicted molar refractivity (Wildman–Crippen MR) is 90.2 cm³/mol. The molecule has 0 saturated carbocycles. The summed E-state index contributed by atoms with van der Waals surface area (Å²) in [5.41, 5.74) is 2.32. The molecule has 0 bridgehead atoms. The van der Waals surface area contributed by atoms with Crippen molar-refractivity contribution >= 4 is 5.91 Å². The minimum atomic E-state index is -0.106. The lowest BCUT2D eigenvalue weighted by molar-refractivity contribution is -0.120. The Morgan fingerprint density at radius 2 is 2.17 bits per heavy atom. The highest BCUT2D eigenvalue weighted by atomic mass is 16.2. The van der Waals surface area contributed by atoms with Gasteiger partial charge in [-0.3, -0.25) is 19.4 Å². The number of hydrogen-bond acceptors (Lipinski definition) is 4. The minimum Gasteiger partial charge on any atom is -0.350 e. The maximum absolute atomic E-state index is 12.1. The average molecular weight is 325 g/mol. The van der Waals surface area contributed by atoms with Gasteiger partial charge in [-0.05, 0) is 24.5 Å². The predicted octanol–water partition coefficient (Wildman–Crippen LogP) is 1.45. The van der Waals surface area contributed by atoms with Gasteiger partial charge >= 0.3 is 0 Å². The van der Waals surface area contributed by atoms with Crippen molar-refractivity contribution in [2.75, 3.05) is 13.1 Å². The molecule has 2 aliphatic heterocycles. The fraction of sp³-hybridized carbons (Fsp3) is 0.500. The quantitative estimate of drug-likeness (QED) is 0.928. The van der Waals surface area contributed by atoms with Gasteiger partial charge in [-0.2, -0.15) is 5.10 Å². The maximum atomic E-state index is 12.1. The van der Waals surface area contributed by atoms with Crippen LogP contribution in [0.5, 0.6) is 0 Å². The highest BCUT2D eigenvalue weighted by Crippen LogP contribution is 2.43. The van der Waals surface area contributed by atoms with Crippen molar-refractivity contribution < 1.29 is 4.79 Å². The summed E-state index contributed by atoms with van der Waals surface area (Å²) in [6.45, 7) is 2.91. The molecule has 1 spiro atoms. The molecule has 2 aromatic heterocycles. The van der Waals surface area contributed by atoms with Crippen LogP contribution in [0.25, 0.3) is 0 Å². The van der Waals surface area contributed by atoms with E-state index in [0.29, 0.717) is 6.42 Å². The van der Waals surface area contributed by atoms with Crippen LogP contribution in [0.3, 0.4) is 0 Å². The van der Waals surface area contributed by atoms with E-state index >= 15 is 0 Å². The molecule has 6 nitrogen and oxygen atoms in total. The zero-order chi connectivity index (χ0) is 16.6. The lowest BCUT2D eigenvalue weighted by Gasteiger charge is -2.42. The number of carbonyl (C=O) groups is 1. The first-order valence-corrected chi connectivity index (χ1v) is 8.55. The van der Waals surface area contributed by atoms with E-state index in [-0.39, 0.29) is 17.4 Å². The van der Waals surface area contributed by atoms with Gasteiger partial charge in [-0.1, -0.05) is 6.07 Å². The second kappa shape index (κ2) is 6.02. The van der Waals surface area contributed by atoms with Crippen LogP contribution in [0.2, 0.25) is 0 Å². The van der Waals surface area contributed by atoms with Gasteiger partial charge in [0.05, 0.1) is 6.20 Å². The van der Waals surface area contributed by atoms with Crippen molar-refractivity contribution in [2.24, 2.45) is 7.05 Å². The number of nitrogens with one attached hydrogen (secondary N) is 1. The number of pyridine rings is 1. The summed E-state index contributed by atoms with van der Waals surface area (Å²) in [4.78, 5) is 18.8. The van der Waals surface area contributed by atoms with E-state index in [1.54, 1.807) is 6.20 Å². The Bertz CT molecular complexity index is 718. The molecule has 2 saturated heterocycles. The number of amides is 1. The van der Waals surface area contributed by atoms with Gasteiger partial charge < -0.3 is 5.32 Å². The van der Waals surface area contributed by atoms with Crippen LogP contribution < -0.4 is 5.32 Å². The molecule has 6 heteroatoms. The van der Waals surface area contributed by atoms with E-state index in [2.05, 4.69) is 32.6 Å². The Morgan fingerprint density at radius 3 is 2.83 bits per heavy atom. The van der Waals surface area contributed by atoms with Crippen molar-refractivity contribution in [3.05, 3.63) is 48.0 Å². The summed E-state index contributed by atoms with van der Waals surface area (Å²) in [7, 11) is 1.95. The van der Waals surface area contributed by atoms with Crippen LogP contribution in [0.15, 0.2) is 36.9 Å². The smallest absolute Gasteiger partial charge is 0.221 e. The lowest BCUT2D eigenvalue weighted by Crippen LogP contribution is -2.53. The number of hydrogen-bond donors (Lipinski definition) is 1. The third-order valence-corrected chi connectivity index (χ3v) is 5.44. The van der Waals surface area contributed by atoms with Gasteiger partial charge in [0.1, 0.15) is 0 Å². The Balaban J connectivity index is 1.47.